The van der Waals surface area contributed by atoms with Gasteiger partial charge in [-0.3, -0.25) is 9.69 Å². The third kappa shape index (κ3) is 3.97. The highest BCUT2D eigenvalue weighted by Gasteiger charge is 2.30. The molecule has 0 aliphatic carbocycles. The van der Waals surface area contributed by atoms with Crippen LogP contribution in [0.3, 0.4) is 0 Å². The highest BCUT2D eigenvalue weighted by atomic mass is 16.1. The second-order valence-electron chi connectivity index (χ2n) is 6.26. The molecular formula is C19H23N3O. The number of rotatable bonds is 4. The first-order chi connectivity index (χ1) is 11.1. The Morgan fingerprint density at radius 3 is 2.70 bits per heavy atom. The number of carbonyl (C=O) groups excluding carboxylic acids is 1. The number of benzene rings is 2. The monoisotopic (exact) mass is 309 g/mol. The molecule has 4 heteroatoms. The third-order valence-electron chi connectivity index (χ3n) is 4.32. The van der Waals surface area contributed by atoms with Crippen molar-refractivity contribution < 1.29 is 4.79 Å². The maximum Gasteiger partial charge on any atom is 0.221 e. The predicted molar refractivity (Wildman–Crippen MR) is 93.2 cm³/mol. The Bertz CT molecular complexity index is 671. The number of nitrogens with zero attached hydrogens (tertiary/aromatic N) is 1. The Morgan fingerprint density at radius 1 is 1.17 bits per heavy atom. The van der Waals surface area contributed by atoms with Crippen LogP contribution in [0.4, 0.5) is 5.69 Å². The number of hydrogen-bond acceptors (Lipinski definition) is 3. The minimum atomic E-state index is -0.0468. The van der Waals surface area contributed by atoms with Crippen molar-refractivity contribution in [1.29, 1.82) is 0 Å². The average molecular weight is 309 g/mol. The van der Waals surface area contributed by atoms with Crippen molar-refractivity contribution in [2.75, 3.05) is 18.4 Å². The van der Waals surface area contributed by atoms with Crippen LogP contribution in [-0.2, 0) is 11.3 Å². The summed E-state index contributed by atoms with van der Waals surface area (Å²) in [5.74, 6) is 0.337. The quantitative estimate of drug-likeness (QED) is 0.912. The SMILES string of the molecule is CC(=O)Nc1cccc(CN2C[C@@H](N)[C@H](c3ccccc3)C2)c1. The fourth-order valence-corrected chi connectivity index (χ4v) is 3.30. The lowest BCUT2D eigenvalue weighted by atomic mass is 9.95. The molecule has 0 unspecified atom stereocenters. The van der Waals surface area contributed by atoms with Crippen molar-refractivity contribution in [1.82, 2.24) is 4.90 Å². The van der Waals surface area contributed by atoms with Gasteiger partial charge in [0.2, 0.25) is 5.91 Å². The zero-order valence-electron chi connectivity index (χ0n) is 13.4. The predicted octanol–water partition coefficient (Wildman–Crippen LogP) is 2.57. The summed E-state index contributed by atoms with van der Waals surface area (Å²) in [6, 6.07) is 18.7. The van der Waals surface area contributed by atoms with Crippen LogP contribution >= 0.6 is 0 Å². The van der Waals surface area contributed by atoms with Gasteiger partial charge in [0, 0.05) is 44.2 Å². The van der Waals surface area contributed by atoms with Crippen LogP contribution < -0.4 is 11.1 Å². The molecule has 1 aliphatic rings. The molecule has 23 heavy (non-hydrogen) atoms. The molecule has 2 aromatic carbocycles. The van der Waals surface area contributed by atoms with E-state index in [-0.39, 0.29) is 11.9 Å². The number of hydrogen-bond donors (Lipinski definition) is 2. The van der Waals surface area contributed by atoms with Crippen LogP contribution in [0.1, 0.15) is 24.0 Å². The number of nitrogens with two attached hydrogens (primary N) is 1. The van der Waals surface area contributed by atoms with Crippen LogP contribution in [0.15, 0.2) is 54.6 Å². The van der Waals surface area contributed by atoms with Gasteiger partial charge >= 0.3 is 0 Å². The van der Waals surface area contributed by atoms with Gasteiger partial charge in [0.1, 0.15) is 0 Å². The second-order valence-corrected chi connectivity index (χ2v) is 6.26. The molecule has 3 N–H and O–H groups in total. The molecule has 0 saturated carbocycles. The topological polar surface area (TPSA) is 58.4 Å². The first-order valence-electron chi connectivity index (χ1n) is 8.01. The first kappa shape index (κ1) is 15.7. The molecule has 1 amide bonds. The second kappa shape index (κ2) is 6.94. The fraction of sp³-hybridized carbons (Fsp3) is 0.316. The van der Waals surface area contributed by atoms with Crippen molar-refractivity contribution in [3.05, 3.63) is 65.7 Å². The zero-order chi connectivity index (χ0) is 16.2. The van der Waals surface area contributed by atoms with Crippen LogP contribution in [0.2, 0.25) is 0 Å². The number of amides is 1. The van der Waals surface area contributed by atoms with E-state index in [1.165, 1.54) is 18.1 Å². The number of likely N-dealkylation sites (tertiary alicyclic amines) is 1. The lowest BCUT2D eigenvalue weighted by Crippen LogP contribution is -2.28. The molecule has 1 saturated heterocycles. The summed E-state index contributed by atoms with van der Waals surface area (Å²) in [7, 11) is 0. The highest BCUT2D eigenvalue weighted by molar-refractivity contribution is 5.88. The van der Waals surface area contributed by atoms with E-state index in [4.69, 9.17) is 5.73 Å². The molecule has 2 atom stereocenters. The van der Waals surface area contributed by atoms with E-state index in [0.29, 0.717) is 5.92 Å². The summed E-state index contributed by atoms with van der Waals surface area (Å²) in [6.45, 7) is 4.24. The Balaban J connectivity index is 1.66. The van der Waals surface area contributed by atoms with Crippen LogP contribution in [-0.4, -0.2) is 29.9 Å². The van der Waals surface area contributed by atoms with E-state index in [9.17, 15) is 4.79 Å². The van der Waals surface area contributed by atoms with Gasteiger partial charge in [-0.15, -0.1) is 0 Å². The van der Waals surface area contributed by atoms with Gasteiger partial charge in [-0.1, -0.05) is 42.5 Å². The summed E-state index contributed by atoms with van der Waals surface area (Å²) >= 11 is 0. The van der Waals surface area contributed by atoms with Crippen LogP contribution in [0.5, 0.6) is 0 Å². The van der Waals surface area contributed by atoms with E-state index in [1.54, 1.807) is 0 Å². The largest absolute Gasteiger partial charge is 0.326 e. The number of carbonyl (C=O) groups is 1. The maximum absolute atomic E-state index is 11.2. The standard InChI is InChI=1S/C19H23N3O/c1-14(23)21-17-9-5-6-15(10-17)11-22-12-18(19(20)13-22)16-7-3-2-4-8-16/h2-10,18-19H,11-13,20H2,1H3,(H,21,23)/t18-,19+/m0/s1. The molecule has 1 fully saturated rings. The van der Waals surface area contributed by atoms with Gasteiger partial charge in [-0.25, -0.2) is 0 Å². The number of anilines is 1. The Morgan fingerprint density at radius 2 is 1.96 bits per heavy atom. The molecule has 1 aliphatic heterocycles. The minimum Gasteiger partial charge on any atom is -0.326 e. The Labute approximate surface area is 137 Å². The van der Waals surface area contributed by atoms with Crippen molar-refractivity contribution >= 4 is 11.6 Å². The van der Waals surface area contributed by atoms with Crippen molar-refractivity contribution in [3.8, 4) is 0 Å². The minimum absolute atomic E-state index is 0.0468. The molecule has 0 bridgehead atoms. The van der Waals surface area contributed by atoms with Gasteiger partial charge in [0.05, 0.1) is 0 Å². The van der Waals surface area contributed by atoms with E-state index in [0.717, 1.165) is 25.3 Å². The number of nitrogens with one attached hydrogen (secondary N) is 1. The summed E-state index contributed by atoms with van der Waals surface area (Å²) in [6.07, 6.45) is 0. The summed E-state index contributed by atoms with van der Waals surface area (Å²) in [5.41, 5.74) is 9.70. The zero-order valence-corrected chi connectivity index (χ0v) is 13.4. The Hall–Kier alpha value is -2.17. The average Bonchev–Trinajstić information content (AvgIpc) is 2.88. The summed E-state index contributed by atoms with van der Waals surface area (Å²) in [5, 5.41) is 2.83. The first-order valence-corrected chi connectivity index (χ1v) is 8.01. The molecule has 0 aromatic heterocycles. The molecule has 2 aromatic rings. The lowest BCUT2D eigenvalue weighted by molar-refractivity contribution is -0.114. The van der Waals surface area contributed by atoms with Gasteiger partial charge in [-0.05, 0) is 23.3 Å². The molecule has 1 heterocycles. The van der Waals surface area contributed by atoms with E-state index < -0.39 is 0 Å². The third-order valence-corrected chi connectivity index (χ3v) is 4.32. The molecule has 120 valence electrons. The van der Waals surface area contributed by atoms with Crippen LogP contribution in [0.25, 0.3) is 0 Å². The molecule has 0 radical (unpaired) electrons. The van der Waals surface area contributed by atoms with Crippen molar-refractivity contribution in [3.63, 3.8) is 0 Å². The maximum atomic E-state index is 11.2. The summed E-state index contributed by atoms with van der Waals surface area (Å²) < 4.78 is 0. The lowest BCUT2D eigenvalue weighted by Gasteiger charge is -2.16. The normalized spacial score (nSPS) is 21.3. The molecule has 0 spiro atoms. The fourth-order valence-electron chi connectivity index (χ4n) is 3.30. The van der Waals surface area contributed by atoms with Gasteiger partial charge in [0.15, 0.2) is 0 Å². The van der Waals surface area contributed by atoms with Gasteiger partial charge < -0.3 is 11.1 Å². The molecule has 3 rings (SSSR count). The van der Waals surface area contributed by atoms with Crippen LogP contribution in [0, 0.1) is 0 Å². The molecular weight excluding hydrogens is 286 g/mol. The van der Waals surface area contributed by atoms with E-state index in [1.807, 2.05) is 24.3 Å². The van der Waals surface area contributed by atoms with E-state index >= 15 is 0 Å². The van der Waals surface area contributed by atoms with Crippen molar-refractivity contribution in [2.45, 2.75) is 25.4 Å². The highest BCUT2D eigenvalue weighted by Crippen LogP contribution is 2.27. The Kier molecular flexibility index (Phi) is 4.74. The smallest absolute Gasteiger partial charge is 0.221 e. The molecule has 4 nitrogen and oxygen atoms in total. The van der Waals surface area contributed by atoms with E-state index in [2.05, 4.69) is 40.5 Å². The summed E-state index contributed by atoms with van der Waals surface area (Å²) in [4.78, 5) is 13.6. The van der Waals surface area contributed by atoms with Gasteiger partial charge in [-0.2, -0.15) is 0 Å². The van der Waals surface area contributed by atoms with Gasteiger partial charge in [0.25, 0.3) is 0 Å². The van der Waals surface area contributed by atoms with Crippen molar-refractivity contribution in [2.24, 2.45) is 5.73 Å².